The van der Waals surface area contributed by atoms with Crippen LogP contribution >= 0.6 is 12.4 Å². The molecule has 4 rings (SSSR count). The van der Waals surface area contributed by atoms with E-state index in [2.05, 4.69) is 10.2 Å². The average molecular weight is 366 g/mol. The molecule has 2 atom stereocenters. The Morgan fingerprint density at radius 2 is 1.72 bits per heavy atom. The molecule has 2 N–H and O–H groups in total. The molecule has 2 bridgehead atoms. The topological polar surface area (TPSA) is 55.8 Å². The van der Waals surface area contributed by atoms with Gasteiger partial charge in [-0.1, -0.05) is 12.1 Å². The highest BCUT2D eigenvalue weighted by Gasteiger charge is 2.35. The smallest absolute Gasteiger partial charge is 0.222 e. The van der Waals surface area contributed by atoms with E-state index in [4.69, 9.17) is 0 Å². The van der Waals surface area contributed by atoms with Crippen LogP contribution in [0.25, 0.3) is 0 Å². The maximum atomic E-state index is 12.6. The number of aromatic hydroxyl groups is 1. The van der Waals surface area contributed by atoms with Crippen molar-refractivity contribution in [2.24, 2.45) is 5.92 Å². The van der Waals surface area contributed by atoms with E-state index in [1.54, 1.807) is 6.07 Å². The normalized spacial score (nSPS) is 28.6. The van der Waals surface area contributed by atoms with E-state index in [-0.39, 0.29) is 12.4 Å². The molecule has 0 radical (unpaired) electrons. The standard InChI is InChI=1S/C19H27N3O2.ClH/c23-18-4-2-1-3-17(18)21-7-9-22(10-8-21)19(24)13-14-11-15-5-6-16(12-14)20-15;/h1-4,14-16,20,23H,5-13H2;1H. The molecule has 2 unspecified atom stereocenters. The molecular weight excluding hydrogens is 338 g/mol. The summed E-state index contributed by atoms with van der Waals surface area (Å²) in [7, 11) is 0. The van der Waals surface area contributed by atoms with E-state index in [9.17, 15) is 9.90 Å². The Hall–Kier alpha value is -1.46. The number of amides is 1. The van der Waals surface area contributed by atoms with Crippen LogP contribution in [0, 0.1) is 5.92 Å². The van der Waals surface area contributed by atoms with Crippen LogP contribution in [0.15, 0.2) is 24.3 Å². The van der Waals surface area contributed by atoms with Crippen molar-refractivity contribution in [1.29, 1.82) is 0 Å². The largest absolute Gasteiger partial charge is 0.506 e. The molecule has 3 saturated heterocycles. The van der Waals surface area contributed by atoms with Gasteiger partial charge in [0.1, 0.15) is 5.75 Å². The monoisotopic (exact) mass is 365 g/mol. The summed E-state index contributed by atoms with van der Waals surface area (Å²) in [5.74, 6) is 1.20. The fourth-order valence-electron chi connectivity index (χ4n) is 4.65. The second-order valence-electron chi connectivity index (χ2n) is 7.54. The highest BCUT2D eigenvalue weighted by atomic mass is 35.5. The number of carbonyl (C=O) groups excluding carboxylic acids is 1. The average Bonchev–Trinajstić information content (AvgIpc) is 2.94. The van der Waals surface area contributed by atoms with Crippen LogP contribution in [0.3, 0.4) is 0 Å². The number of nitrogens with zero attached hydrogens (tertiary/aromatic N) is 2. The van der Waals surface area contributed by atoms with Crippen LogP contribution in [-0.4, -0.2) is 54.2 Å². The summed E-state index contributed by atoms with van der Waals surface area (Å²) in [5.41, 5.74) is 0.875. The van der Waals surface area contributed by atoms with Crippen molar-refractivity contribution < 1.29 is 9.90 Å². The van der Waals surface area contributed by atoms with E-state index in [1.165, 1.54) is 25.7 Å². The summed E-state index contributed by atoms with van der Waals surface area (Å²) in [4.78, 5) is 16.8. The zero-order chi connectivity index (χ0) is 16.5. The Balaban J connectivity index is 0.00000182. The van der Waals surface area contributed by atoms with Crippen LogP contribution < -0.4 is 10.2 Å². The number of hydrogen-bond acceptors (Lipinski definition) is 4. The molecule has 1 amide bonds. The number of carbonyl (C=O) groups is 1. The van der Waals surface area contributed by atoms with Gasteiger partial charge in [0, 0.05) is 44.7 Å². The van der Waals surface area contributed by atoms with Gasteiger partial charge in [-0.05, 0) is 43.7 Å². The lowest BCUT2D eigenvalue weighted by Crippen LogP contribution is -2.49. The molecule has 0 aromatic heterocycles. The predicted octanol–water partition coefficient (Wildman–Crippen LogP) is 2.38. The van der Waals surface area contributed by atoms with E-state index >= 15 is 0 Å². The number of rotatable bonds is 3. The molecule has 3 aliphatic heterocycles. The summed E-state index contributed by atoms with van der Waals surface area (Å²) < 4.78 is 0. The lowest BCUT2D eigenvalue weighted by Gasteiger charge is -2.37. The molecular formula is C19H28ClN3O2. The summed E-state index contributed by atoms with van der Waals surface area (Å²) in [6.45, 7) is 3.09. The molecule has 0 aliphatic carbocycles. The van der Waals surface area contributed by atoms with Gasteiger partial charge in [0.05, 0.1) is 5.69 Å². The van der Waals surface area contributed by atoms with Crippen molar-refractivity contribution >= 4 is 24.0 Å². The van der Waals surface area contributed by atoms with Gasteiger partial charge in [0.15, 0.2) is 0 Å². The Morgan fingerprint density at radius 3 is 2.36 bits per heavy atom. The van der Waals surface area contributed by atoms with Gasteiger partial charge in [-0.2, -0.15) is 0 Å². The van der Waals surface area contributed by atoms with Crippen LogP contribution in [0.1, 0.15) is 32.1 Å². The zero-order valence-electron chi connectivity index (χ0n) is 14.6. The first-order valence-corrected chi connectivity index (χ1v) is 9.26. The molecule has 3 aliphatic rings. The first-order valence-electron chi connectivity index (χ1n) is 9.26. The van der Waals surface area contributed by atoms with E-state index in [0.29, 0.717) is 36.1 Å². The summed E-state index contributed by atoms with van der Waals surface area (Å²) in [6, 6.07) is 8.75. The van der Waals surface area contributed by atoms with Crippen LogP contribution in [0.5, 0.6) is 5.75 Å². The van der Waals surface area contributed by atoms with Gasteiger partial charge < -0.3 is 20.2 Å². The number of phenolic OH excluding ortho intramolecular Hbond substituents is 1. The molecule has 1 aromatic rings. The Labute approximate surface area is 155 Å². The molecule has 138 valence electrons. The second kappa shape index (κ2) is 7.83. The highest BCUT2D eigenvalue weighted by molar-refractivity contribution is 5.85. The van der Waals surface area contributed by atoms with Gasteiger partial charge in [-0.25, -0.2) is 0 Å². The van der Waals surface area contributed by atoms with Crippen molar-refractivity contribution in [3.8, 4) is 5.75 Å². The molecule has 0 saturated carbocycles. The number of nitrogens with one attached hydrogen (secondary N) is 1. The Morgan fingerprint density at radius 1 is 1.08 bits per heavy atom. The number of fused-ring (bicyclic) bond motifs is 2. The first-order chi connectivity index (χ1) is 11.7. The van der Waals surface area contributed by atoms with Crippen molar-refractivity contribution in [2.45, 2.75) is 44.2 Å². The second-order valence-corrected chi connectivity index (χ2v) is 7.54. The van der Waals surface area contributed by atoms with E-state index in [0.717, 1.165) is 31.9 Å². The maximum absolute atomic E-state index is 12.6. The minimum Gasteiger partial charge on any atom is -0.506 e. The van der Waals surface area contributed by atoms with E-state index < -0.39 is 0 Å². The molecule has 6 heteroatoms. The molecule has 0 spiro atoms. The fourth-order valence-corrected chi connectivity index (χ4v) is 4.65. The molecule has 5 nitrogen and oxygen atoms in total. The molecule has 1 aromatic carbocycles. The van der Waals surface area contributed by atoms with E-state index in [1.807, 2.05) is 23.1 Å². The van der Waals surface area contributed by atoms with Gasteiger partial charge in [0.2, 0.25) is 5.91 Å². The van der Waals surface area contributed by atoms with Crippen LogP contribution in [0.4, 0.5) is 5.69 Å². The first kappa shape index (κ1) is 18.3. The van der Waals surface area contributed by atoms with Gasteiger partial charge in [-0.15, -0.1) is 12.4 Å². The summed E-state index contributed by atoms with van der Waals surface area (Å²) >= 11 is 0. The van der Waals surface area contributed by atoms with Crippen LogP contribution in [0.2, 0.25) is 0 Å². The minimum absolute atomic E-state index is 0. The minimum atomic E-state index is 0. The Bertz CT molecular complexity index is 592. The summed E-state index contributed by atoms with van der Waals surface area (Å²) in [6.07, 6.45) is 5.62. The van der Waals surface area contributed by atoms with Crippen molar-refractivity contribution in [3.05, 3.63) is 24.3 Å². The van der Waals surface area contributed by atoms with Gasteiger partial charge in [0.25, 0.3) is 0 Å². The number of halogens is 1. The highest BCUT2D eigenvalue weighted by Crippen LogP contribution is 2.33. The third kappa shape index (κ3) is 4.04. The third-order valence-corrected chi connectivity index (χ3v) is 5.89. The SMILES string of the molecule is Cl.O=C(CC1CC2CCC(C1)N2)N1CCN(c2ccccc2O)CC1. The lowest BCUT2D eigenvalue weighted by atomic mass is 9.89. The van der Waals surface area contributed by atoms with Crippen LogP contribution in [-0.2, 0) is 4.79 Å². The lowest BCUT2D eigenvalue weighted by molar-refractivity contribution is -0.132. The number of piperazine rings is 1. The number of para-hydroxylation sites is 2. The summed E-state index contributed by atoms with van der Waals surface area (Å²) in [5, 5.41) is 13.6. The van der Waals surface area contributed by atoms with Crippen molar-refractivity contribution in [3.63, 3.8) is 0 Å². The van der Waals surface area contributed by atoms with Gasteiger partial charge >= 0.3 is 0 Å². The number of anilines is 1. The molecule has 3 heterocycles. The van der Waals surface area contributed by atoms with Crippen molar-refractivity contribution in [1.82, 2.24) is 10.2 Å². The number of piperidine rings is 1. The predicted molar refractivity (Wildman–Crippen MR) is 101 cm³/mol. The zero-order valence-corrected chi connectivity index (χ0v) is 15.4. The molecule has 3 fully saturated rings. The Kier molecular flexibility index (Phi) is 5.74. The quantitative estimate of drug-likeness (QED) is 0.863. The maximum Gasteiger partial charge on any atom is 0.222 e. The van der Waals surface area contributed by atoms with Crippen molar-refractivity contribution in [2.75, 3.05) is 31.1 Å². The number of phenols is 1. The number of hydrogen-bond donors (Lipinski definition) is 2. The molecule has 25 heavy (non-hydrogen) atoms. The third-order valence-electron chi connectivity index (χ3n) is 5.89. The number of benzene rings is 1. The van der Waals surface area contributed by atoms with Gasteiger partial charge in [-0.3, -0.25) is 4.79 Å². The fraction of sp³-hybridized carbons (Fsp3) is 0.632.